The predicted octanol–water partition coefficient (Wildman–Crippen LogP) is 8.54. The fourth-order valence-electron chi connectivity index (χ4n) is 6.10. The van der Waals surface area contributed by atoms with E-state index in [1.165, 1.54) is 16.7 Å². The van der Waals surface area contributed by atoms with Gasteiger partial charge in [0, 0.05) is 0 Å². The molecule has 1 fully saturated rings. The molecule has 0 aromatic carbocycles. The van der Waals surface area contributed by atoms with Gasteiger partial charge in [-0.2, -0.15) is 0 Å². The first kappa shape index (κ1) is 45.8. The summed E-state index contributed by atoms with van der Waals surface area (Å²) in [7, 11) is 0. The first-order valence-electron chi connectivity index (χ1n) is 18.6. The van der Waals surface area contributed by atoms with Gasteiger partial charge in [0.25, 0.3) is 0 Å². The maximum Gasteiger partial charge on any atom is 0.187 e. The Hall–Kier alpha value is -3.40. The topological polar surface area (TPSA) is 120 Å². The Bertz CT molecular complexity index is 1580. The largest absolute Gasteiger partial charge is 0.393 e. The molecule has 0 saturated carbocycles. The molecule has 5 N–H and O–H groups in total. The average molecular weight is 731 g/mol. The zero-order chi connectivity index (χ0) is 39.9. The van der Waals surface area contributed by atoms with Gasteiger partial charge in [-0.1, -0.05) is 151 Å². The molecular formula is C46H66O7. The fourth-order valence-corrected chi connectivity index (χ4v) is 6.10. The number of aliphatic hydroxyl groups excluding tert-OH is 4. The lowest BCUT2D eigenvalue weighted by molar-refractivity contribution is -0.309. The molecule has 7 heteroatoms. The highest BCUT2D eigenvalue weighted by Gasteiger charge is 2.44. The van der Waals surface area contributed by atoms with Gasteiger partial charge in [-0.3, -0.25) is 0 Å². The highest BCUT2D eigenvalue weighted by molar-refractivity contribution is 5.38. The maximum atomic E-state index is 10.7. The third-order valence-corrected chi connectivity index (χ3v) is 9.29. The van der Waals surface area contributed by atoms with E-state index in [4.69, 9.17) is 9.47 Å². The quantitative estimate of drug-likeness (QED) is 0.107. The number of ether oxygens (including phenoxy) is 2. The van der Waals surface area contributed by atoms with Gasteiger partial charge in [-0.25, -0.2) is 0 Å². The second-order valence-electron chi connectivity index (χ2n) is 15.7. The van der Waals surface area contributed by atoms with Crippen molar-refractivity contribution in [1.82, 2.24) is 0 Å². The summed E-state index contributed by atoms with van der Waals surface area (Å²) >= 11 is 0. The van der Waals surface area contributed by atoms with E-state index >= 15 is 0 Å². The Balaban J connectivity index is 1.90. The minimum absolute atomic E-state index is 0.0186. The van der Waals surface area contributed by atoms with Crippen LogP contribution in [0.5, 0.6) is 0 Å². The molecule has 2 aliphatic rings. The molecule has 0 radical (unpaired) electrons. The smallest absolute Gasteiger partial charge is 0.187 e. The highest BCUT2D eigenvalue weighted by Crippen LogP contribution is 2.41. The van der Waals surface area contributed by atoms with Gasteiger partial charge in [0.2, 0.25) is 0 Å². The van der Waals surface area contributed by atoms with Crippen LogP contribution in [0.1, 0.15) is 89.0 Å². The molecule has 0 spiro atoms. The van der Waals surface area contributed by atoms with E-state index in [0.717, 1.165) is 35.1 Å². The van der Waals surface area contributed by atoms with E-state index in [2.05, 4.69) is 90.2 Å². The molecule has 0 bridgehead atoms. The summed E-state index contributed by atoms with van der Waals surface area (Å²) in [5.74, 6) is 0. The van der Waals surface area contributed by atoms with Gasteiger partial charge < -0.3 is 35.0 Å². The number of aliphatic hydroxyl groups is 5. The summed E-state index contributed by atoms with van der Waals surface area (Å²) in [5.41, 5.74) is 6.72. The van der Waals surface area contributed by atoms with Crippen LogP contribution in [0.15, 0.2) is 142 Å². The molecule has 1 heterocycles. The Kier molecular flexibility index (Phi) is 18.5. The molecule has 7 atom stereocenters. The molecule has 1 aliphatic carbocycles. The van der Waals surface area contributed by atoms with E-state index in [1.54, 1.807) is 26.8 Å². The third-order valence-electron chi connectivity index (χ3n) is 9.29. The summed E-state index contributed by atoms with van der Waals surface area (Å²) < 4.78 is 11.4. The molecule has 1 aliphatic heterocycles. The zero-order valence-electron chi connectivity index (χ0n) is 33.8. The van der Waals surface area contributed by atoms with Gasteiger partial charge in [0.05, 0.1) is 17.8 Å². The van der Waals surface area contributed by atoms with Crippen molar-refractivity contribution in [2.45, 2.75) is 138 Å². The lowest BCUT2D eigenvalue weighted by atomic mass is 9.71. The van der Waals surface area contributed by atoms with Crippen molar-refractivity contribution in [2.24, 2.45) is 5.41 Å². The fraction of sp³-hybridized carbons (Fsp3) is 0.478. The Morgan fingerprint density at radius 1 is 0.717 bits per heavy atom. The van der Waals surface area contributed by atoms with Gasteiger partial charge in [-0.05, 0) is 86.1 Å². The minimum atomic E-state index is -1.45. The zero-order valence-corrected chi connectivity index (χ0v) is 33.8. The van der Waals surface area contributed by atoms with E-state index in [0.29, 0.717) is 0 Å². The van der Waals surface area contributed by atoms with E-state index < -0.39 is 42.4 Å². The normalized spacial score (nSPS) is 28.3. The number of rotatable bonds is 15. The van der Waals surface area contributed by atoms with Gasteiger partial charge in [0.15, 0.2) is 6.29 Å². The molecule has 53 heavy (non-hydrogen) atoms. The second-order valence-corrected chi connectivity index (χ2v) is 15.7. The lowest BCUT2D eigenvalue weighted by Crippen LogP contribution is -2.58. The molecule has 0 amide bonds. The van der Waals surface area contributed by atoms with Crippen LogP contribution in [0.25, 0.3) is 0 Å². The van der Waals surface area contributed by atoms with E-state index in [1.807, 2.05) is 62.5 Å². The van der Waals surface area contributed by atoms with Crippen LogP contribution < -0.4 is 0 Å². The van der Waals surface area contributed by atoms with Crippen molar-refractivity contribution in [3.8, 4) is 0 Å². The lowest BCUT2D eigenvalue weighted by Gasteiger charge is -2.41. The Morgan fingerprint density at radius 3 is 1.64 bits per heavy atom. The summed E-state index contributed by atoms with van der Waals surface area (Å²) in [6.45, 7) is 21.5. The van der Waals surface area contributed by atoms with Gasteiger partial charge in [0.1, 0.15) is 24.4 Å². The third kappa shape index (κ3) is 16.2. The van der Waals surface area contributed by atoms with Gasteiger partial charge in [-0.15, -0.1) is 0 Å². The first-order valence-corrected chi connectivity index (χ1v) is 18.6. The van der Waals surface area contributed by atoms with Crippen molar-refractivity contribution in [1.29, 1.82) is 0 Å². The van der Waals surface area contributed by atoms with Crippen LogP contribution in [-0.2, 0) is 9.47 Å². The Labute approximate surface area is 319 Å². The molecule has 0 aromatic heterocycles. The van der Waals surface area contributed by atoms with Crippen molar-refractivity contribution in [3.63, 3.8) is 0 Å². The van der Waals surface area contributed by atoms with Crippen molar-refractivity contribution in [2.75, 3.05) is 0 Å². The first-order chi connectivity index (χ1) is 24.7. The standard InChI is InChI=1S/C46H66O7/c1-31(17-12-13-18-32(2)20-15-23-34(4)25-27-39-36(6)29-38(47)30-45(39,8)9)19-14-21-33(3)22-16-24-35(5)26-28-40(46(10,11)51)53-44-43(50)42(49)41(48)37(7)52-44/h12-28,37-38,40-44,47-51H,29-30H2,1-11H3/b13-12+,19-14+,20-15+,22-16+,27-25+,28-26+,31-17+,32-18+,33-21+,34-23+,35-24+/t37-,38+,40+,41-,42-,43+,44+/m1/s1. The molecule has 0 unspecified atom stereocenters. The summed E-state index contributed by atoms with van der Waals surface area (Å²) in [6.07, 6.45) is 28.8. The number of hydrogen-bond acceptors (Lipinski definition) is 7. The average Bonchev–Trinajstić information content (AvgIpc) is 3.04. The Morgan fingerprint density at radius 2 is 1.17 bits per heavy atom. The molecule has 0 aromatic rings. The van der Waals surface area contributed by atoms with Gasteiger partial charge >= 0.3 is 0 Å². The van der Waals surface area contributed by atoms with Crippen LogP contribution >= 0.6 is 0 Å². The SMILES string of the molecule is CC1=C(/C=C/C(C)=C/C=C/C(C)=C/C=C/C=C(C)/C=C/C=C(C)/C=C/C=C(C)/C=C/[C@H](O[C@@H]2O[C@H](C)[C@@H](O)[C@@H](O)[C@@H]2O)C(C)(C)O)C(C)(C)C[C@@H](O)C1. The highest BCUT2D eigenvalue weighted by atomic mass is 16.7. The summed E-state index contributed by atoms with van der Waals surface area (Å²) in [6, 6.07) is 0. The van der Waals surface area contributed by atoms with Crippen LogP contribution in [0, 0.1) is 5.41 Å². The number of allylic oxidation sites excluding steroid dienone is 22. The van der Waals surface area contributed by atoms with Crippen molar-refractivity contribution < 1.29 is 35.0 Å². The molecular weight excluding hydrogens is 664 g/mol. The number of hydrogen-bond donors (Lipinski definition) is 5. The van der Waals surface area contributed by atoms with Crippen molar-refractivity contribution >= 4 is 0 Å². The molecule has 2 rings (SSSR count). The predicted molar refractivity (Wildman–Crippen MR) is 219 cm³/mol. The maximum absolute atomic E-state index is 10.7. The van der Waals surface area contributed by atoms with Crippen LogP contribution in [-0.4, -0.2) is 74.0 Å². The van der Waals surface area contributed by atoms with E-state index in [9.17, 15) is 25.5 Å². The van der Waals surface area contributed by atoms with Crippen LogP contribution in [0.2, 0.25) is 0 Å². The van der Waals surface area contributed by atoms with Crippen LogP contribution in [0.4, 0.5) is 0 Å². The monoisotopic (exact) mass is 730 g/mol. The second kappa shape index (κ2) is 21.5. The molecule has 292 valence electrons. The van der Waals surface area contributed by atoms with E-state index in [-0.39, 0.29) is 11.5 Å². The summed E-state index contributed by atoms with van der Waals surface area (Å²) in [4.78, 5) is 0. The summed E-state index contributed by atoms with van der Waals surface area (Å²) in [5, 5.41) is 51.2. The molecule has 7 nitrogen and oxygen atoms in total. The minimum Gasteiger partial charge on any atom is -0.393 e. The van der Waals surface area contributed by atoms with Crippen molar-refractivity contribution in [3.05, 3.63) is 142 Å². The molecule has 1 saturated heterocycles. The van der Waals surface area contributed by atoms with Crippen LogP contribution in [0.3, 0.4) is 0 Å².